The highest BCUT2D eigenvalue weighted by Crippen LogP contribution is 2.25. The van der Waals surface area contributed by atoms with Crippen molar-refractivity contribution in [3.63, 3.8) is 0 Å². The number of carbonyl (C=O) groups excluding carboxylic acids is 2. The van der Waals surface area contributed by atoms with E-state index in [1.807, 2.05) is 0 Å². The maximum absolute atomic E-state index is 11.8. The van der Waals surface area contributed by atoms with Crippen molar-refractivity contribution < 1.29 is 9.59 Å². The molecule has 1 aromatic rings. The van der Waals surface area contributed by atoms with Crippen LogP contribution in [0.25, 0.3) is 0 Å². The van der Waals surface area contributed by atoms with Crippen molar-refractivity contribution in [2.75, 3.05) is 5.32 Å². The van der Waals surface area contributed by atoms with Crippen molar-refractivity contribution in [3.05, 3.63) is 28.2 Å². The van der Waals surface area contributed by atoms with Crippen molar-refractivity contribution >= 4 is 40.7 Å². The molecule has 1 atom stereocenters. The molecule has 17 heavy (non-hydrogen) atoms. The Morgan fingerprint density at radius 1 is 1.35 bits per heavy atom. The molecule has 0 radical (unpaired) electrons. The van der Waals surface area contributed by atoms with Crippen LogP contribution >= 0.6 is 23.2 Å². The van der Waals surface area contributed by atoms with Crippen LogP contribution in [0.5, 0.6) is 0 Å². The van der Waals surface area contributed by atoms with Crippen molar-refractivity contribution in [1.82, 2.24) is 5.32 Å². The van der Waals surface area contributed by atoms with Gasteiger partial charge in [-0.1, -0.05) is 23.2 Å². The molecule has 0 spiro atoms. The zero-order chi connectivity index (χ0) is 12.4. The molecule has 0 aliphatic carbocycles. The van der Waals surface area contributed by atoms with E-state index in [0.717, 1.165) is 0 Å². The summed E-state index contributed by atoms with van der Waals surface area (Å²) in [5.74, 6) is -0.339. The lowest BCUT2D eigenvalue weighted by molar-refractivity contribution is -0.122. The lowest BCUT2D eigenvalue weighted by Crippen LogP contribution is -2.37. The smallest absolute Gasteiger partial charge is 0.246 e. The first-order chi connectivity index (χ1) is 8.06. The highest BCUT2D eigenvalue weighted by Gasteiger charge is 2.27. The molecule has 0 aromatic heterocycles. The third-order valence-electron chi connectivity index (χ3n) is 2.50. The average Bonchev–Trinajstić information content (AvgIpc) is 2.70. The Balaban J connectivity index is 2.03. The Labute approximate surface area is 108 Å². The predicted octanol–water partition coefficient (Wildman–Crippen LogP) is 2.21. The van der Waals surface area contributed by atoms with Gasteiger partial charge in [-0.15, -0.1) is 0 Å². The minimum absolute atomic E-state index is 0.0979. The number of hydrogen-bond acceptors (Lipinski definition) is 2. The van der Waals surface area contributed by atoms with E-state index in [9.17, 15) is 9.59 Å². The highest BCUT2D eigenvalue weighted by molar-refractivity contribution is 6.42. The van der Waals surface area contributed by atoms with Gasteiger partial charge in [0.05, 0.1) is 10.0 Å². The van der Waals surface area contributed by atoms with Crippen molar-refractivity contribution in [2.45, 2.75) is 18.9 Å². The number of nitrogens with one attached hydrogen (secondary N) is 2. The Morgan fingerprint density at radius 3 is 2.71 bits per heavy atom. The molecule has 1 aromatic carbocycles. The normalized spacial score (nSPS) is 18.9. The van der Waals surface area contributed by atoms with Gasteiger partial charge in [0.25, 0.3) is 0 Å². The molecule has 1 heterocycles. The SMILES string of the molecule is O=C1CC[C@H](C(=O)Nc2ccc(Cl)c(Cl)c2)N1. The molecule has 4 nitrogen and oxygen atoms in total. The molecule has 1 saturated heterocycles. The summed E-state index contributed by atoms with van der Waals surface area (Å²) in [5, 5.41) is 6.07. The summed E-state index contributed by atoms with van der Waals surface area (Å²) in [4.78, 5) is 22.7. The first-order valence-corrected chi connectivity index (χ1v) is 5.87. The van der Waals surface area contributed by atoms with Crippen LogP contribution in [-0.2, 0) is 9.59 Å². The van der Waals surface area contributed by atoms with Crippen molar-refractivity contribution in [2.24, 2.45) is 0 Å². The molecule has 1 aliphatic heterocycles. The Bertz CT molecular complexity index is 477. The van der Waals surface area contributed by atoms with Crippen LogP contribution < -0.4 is 10.6 Å². The molecule has 0 bridgehead atoms. The monoisotopic (exact) mass is 272 g/mol. The molecular weight excluding hydrogens is 263 g/mol. The van der Waals surface area contributed by atoms with E-state index in [1.165, 1.54) is 0 Å². The zero-order valence-electron chi connectivity index (χ0n) is 8.80. The van der Waals surface area contributed by atoms with Gasteiger partial charge in [-0.25, -0.2) is 0 Å². The largest absolute Gasteiger partial charge is 0.344 e. The van der Waals surface area contributed by atoms with Crippen LogP contribution in [0.4, 0.5) is 5.69 Å². The van der Waals surface area contributed by atoms with E-state index >= 15 is 0 Å². The lowest BCUT2D eigenvalue weighted by Gasteiger charge is -2.11. The van der Waals surface area contributed by atoms with Crippen molar-refractivity contribution in [3.8, 4) is 0 Å². The van der Waals surface area contributed by atoms with Gasteiger partial charge in [0.15, 0.2) is 0 Å². The number of amides is 2. The topological polar surface area (TPSA) is 58.2 Å². The molecule has 2 amide bonds. The molecular formula is C11H10Cl2N2O2. The van der Waals surface area contributed by atoms with Crippen LogP contribution in [-0.4, -0.2) is 17.9 Å². The lowest BCUT2D eigenvalue weighted by atomic mass is 10.2. The number of halogens is 2. The summed E-state index contributed by atoms with van der Waals surface area (Å²) in [6.07, 6.45) is 0.908. The Kier molecular flexibility index (Phi) is 3.54. The maximum Gasteiger partial charge on any atom is 0.246 e. The van der Waals surface area contributed by atoms with Crippen LogP contribution in [0.2, 0.25) is 10.0 Å². The number of benzene rings is 1. The van der Waals surface area contributed by atoms with E-state index in [4.69, 9.17) is 23.2 Å². The average molecular weight is 273 g/mol. The fraction of sp³-hybridized carbons (Fsp3) is 0.273. The van der Waals surface area contributed by atoms with Crippen LogP contribution in [0.15, 0.2) is 18.2 Å². The second-order valence-electron chi connectivity index (χ2n) is 3.78. The summed E-state index contributed by atoms with van der Waals surface area (Å²) in [6.45, 7) is 0. The van der Waals surface area contributed by atoms with Gasteiger partial charge in [-0.3, -0.25) is 9.59 Å². The first-order valence-electron chi connectivity index (χ1n) is 5.11. The minimum Gasteiger partial charge on any atom is -0.344 e. The van der Waals surface area contributed by atoms with Gasteiger partial charge in [0.2, 0.25) is 11.8 Å². The third kappa shape index (κ3) is 2.90. The standard InChI is InChI=1S/C11H10Cl2N2O2/c12-7-2-1-6(5-8(7)13)14-11(17)9-3-4-10(16)15-9/h1-2,5,9H,3-4H2,(H,14,17)(H,15,16)/t9-/m1/s1. The highest BCUT2D eigenvalue weighted by atomic mass is 35.5. The number of hydrogen-bond donors (Lipinski definition) is 2. The van der Waals surface area contributed by atoms with Gasteiger partial charge in [-0.2, -0.15) is 0 Å². The van der Waals surface area contributed by atoms with Gasteiger partial charge in [-0.05, 0) is 24.6 Å². The summed E-state index contributed by atoms with van der Waals surface area (Å²) in [5.41, 5.74) is 0.561. The second kappa shape index (κ2) is 4.94. The summed E-state index contributed by atoms with van der Waals surface area (Å²) >= 11 is 11.6. The molecule has 2 rings (SSSR count). The second-order valence-corrected chi connectivity index (χ2v) is 4.59. The number of carbonyl (C=O) groups is 2. The Hall–Kier alpha value is -1.26. The molecule has 6 heteroatoms. The number of rotatable bonds is 2. The summed E-state index contributed by atoms with van der Waals surface area (Å²) in [7, 11) is 0. The molecule has 1 fully saturated rings. The van der Waals surface area contributed by atoms with E-state index in [-0.39, 0.29) is 11.8 Å². The molecule has 0 saturated carbocycles. The molecule has 2 N–H and O–H groups in total. The van der Waals surface area contributed by atoms with Crippen LogP contribution in [0.1, 0.15) is 12.8 Å². The van der Waals surface area contributed by atoms with Crippen molar-refractivity contribution in [1.29, 1.82) is 0 Å². The summed E-state index contributed by atoms with van der Waals surface area (Å²) < 4.78 is 0. The van der Waals surface area contributed by atoms with Gasteiger partial charge in [0, 0.05) is 12.1 Å². The molecule has 0 unspecified atom stereocenters. The minimum atomic E-state index is -0.461. The fourth-order valence-corrected chi connectivity index (χ4v) is 1.91. The van der Waals surface area contributed by atoms with E-state index in [2.05, 4.69) is 10.6 Å². The quantitative estimate of drug-likeness (QED) is 0.867. The zero-order valence-corrected chi connectivity index (χ0v) is 10.3. The maximum atomic E-state index is 11.8. The first kappa shape index (κ1) is 12.2. The number of anilines is 1. The van der Waals surface area contributed by atoms with E-state index < -0.39 is 6.04 Å². The summed E-state index contributed by atoms with van der Waals surface area (Å²) in [6, 6.07) is 4.37. The van der Waals surface area contributed by atoms with Crippen LogP contribution in [0.3, 0.4) is 0 Å². The van der Waals surface area contributed by atoms with Gasteiger partial charge in [0.1, 0.15) is 6.04 Å². The molecule has 90 valence electrons. The van der Waals surface area contributed by atoms with E-state index in [1.54, 1.807) is 18.2 Å². The third-order valence-corrected chi connectivity index (χ3v) is 3.24. The fourth-order valence-electron chi connectivity index (χ4n) is 1.61. The van der Waals surface area contributed by atoms with Crippen LogP contribution in [0, 0.1) is 0 Å². The van der Waals surface area contributed by atoms with Gasteiger partial charge < -0.3 is 10.6 Å². The molecule has 1 aliphatic rings. The van der Waals surface area contributed by atoms with E-state index in [0.29, 0.717) is 28.6 Å². The Morgan fingerprint density at radius 2 is 2.12 bits per heavy atom. The predicted molar refractivity (Wildman–Crippen MR) is 66.3 cm³/mol. The van der Waals surface area contributed by atoms with Gasteiger partial charge >= 0.3 is 0 Å².